The van der Waals surface area contributed by atoms with E-state index in [0.717, 1.165) is 10.6 Å². The van der Waals surface area contributed by atoms with Crippen molar-refractivity contribution in [3.63, 3.8) is 0 Å². The van der Waals surface area contributed by atoms with Crippen molar-refractivity contribution in [1.82, 2.24) is 0 Å². The number of ether oxygens (including phenoxy) is 2. The van der Waals surface area contributed by atoms with Gasteiger partial charge in [0.05, 0.1) is 36.4 Å². The number of rotatable bonds is 6. The number of fused-ring (bicyclic) bond motifs is 1. The maximum Gasteiger partial charge on any atom is 0.237 e. The predicted molar refractivity (Wildman–Crippen MR) is 107 cm³/mol. The number of hydrogen-bond acceptors (Lipinski definition) is 5. The number of amides is 2. The van der Waals surface area contributed by atoms with E-state index in [9.17, 15) is 9.59 Å². The molecule has 6 nitrogen and oxygen atoms in total. The summed E-state index contributed by atoms with van der Waals surface area (Å²) in [5.74, 6) is 1.08. The van der Waals surface area contributed by atoms with Gasteiger partial charge < -0.3 is 19.7 Å². The summed E-state index contributed by atoms with van der Waals surface area (Å²) >= 11 is 7.71. The van der Waals surface area contributed by atoms with E-state index in [2.05, 4.69) is 5.32 Å². The topological polar surface area (TPSA) is 67.9 Å². The van der Waals surface area contributed by atoms with Crippen molar-refractivity contribution in [2.45, 2.75) is 11.3 Å². The lowest BCUT2D eigenvalue weighted by molar-refractivity contribution is -0.117. The van der Waals surface area contributed by atoms with E-state index in [0.29, 0.717) is 34.5 Å². The number of carbonyl (C=O) groups excluding carboxylic acids is 2. The van der Waals surface area contributed by atoms with E-state index >= 15 is 0 Å². The molecule has 0 unspecified atom stereocenters. The molecular formula is C19H19ClN2O4S. The summed E-state index contributed by atoms with van der Waals surface area (Å²) in [4.78, 5) is 27.3. The smallest absolute Gasteiger partial charge is 0.237 e. The van der Waals surface area contributed by atoms with Crippen molar-refractivity contribution >= 4 is 46.6 Å². The second kappa shape index (κ2) is 8.54. The maximum atomic E-state index is 12.4. The van der Waals surface area contributed by atoms with Gasteiger partial charge in [0.1, 0.15) is 0 Å². The van der Waals surface area contributed by atoms with Crippen LogP contribution in [0.1, 0.15) is 6.42 Å². The third-order valence-electron chi connectivity index (χ3n) is 4.12. The predicted octanol–water partition coefficient (Wildman–Crippen LogP) is 3.82. The van der Waals surface area contributed by atoms with E-state index in [4.69, 9.17) is 21.1 Å². The molecule has 0 saturated heterocycles. The number of para-hydroxylation sites is 1. The van der Waals surface area contributed by atoms with Gasteiger partial charge in [0.25, 0.3) is 0 Å². The summed E-state index contributed by atoms with van der Waals surface area (Å²) in [6, 6.07) is 10.9. The standard InChI is InChI=1S/C19H19ClN2O4S/c1-25-15-9-12(20)13(10-16(15)26-2)21-18(23)7-8-22-14-5-3-4-6-17(14)27-11-19(22)24/h3-6,9-10H,7-8,11H2,1-2H3,(H,21,23). The van der Waals surface area contributed by atoms with Crippen molar-refractivity contribution < 1.29 is 19.1 Å². The second-order valence-corrected chi connectivity index (χ2v) is 7.21. The first-order valence-corrected chi connectivity index (χ1v) is 9.63. The lowest BCUT2D eigenvalue weighted by atomic mass is 10.2. The van der Waals surface area contributed by atoms with Gasteiger partial charge in [-0.1, -0.05) is 23.7 Å². The van der Waals surface area contributed by atoms with Crippen LogP contribution in [0.5, 0.6) is 11.5 Å². The Morgan fingerprint density at radius 3 is 2.67 bits per heavy atom. The van der Waals surface area contributed by atoms with Gasteiger partial charge in [-0.3, -0.25) is 9.59 Å². The molecule has 0 fully saturated rings. The average Bonchev–Trinajstić information content (AvgIpc) is 2.68. The van der Waals surface area contributed by atoms with Crippen molar-refractivity contribution in [3.8, 4) is 11.5 Å². The molecule has 2 aromatic rings. The molecule has 1 N–H and O–H groups in total. The van der Waals surface area contributed by atoms with Crippen LogP contribution in [0.3, 0.4) is 0 Å². The maximum absolute atomic E-state index is 12.4. The third-order valence-corrected chi connectivity index (χ3v) is 5.48. The van der Waals surface area contributed by atoms with Crippen LogP contribution < -0.4 is 19.7 Å². The highest BCUT2D eigenvalue weighted by Crippen LogP contribution is 2.37. The molecule has 0 bridgehead atoms. The summed E-state index contributed by atoms with van der Waals surface area (Å²) in [5.41, 5.74) is 1.27. The first-order valence-electron chi connectivity index (χ1n) is 8.27. The van der Waals surface area contributed by atoms with Gasteiger partial charge in [-0.05, 0) is 12.1 Å². The van der Waals surface area contributed by atoms with Crippen LogP contribution in [0, 0.1) is 0 Å². The zero-order valence-corrected chi connectivity index (χ0v) is 16.5. The number of methoxy groups -OCH3 is 2. The largest absolute Gasteiger partial charge is 0.493 e. The highest BCUT2D eigenvalue weighted by molar-refractivity contribution is 8.00. The molecule has 1 aliphatic heterocycles. The molecular weight excluding hydrogens is 388 g/mol. The second-order valence-electron chi connectivity index (χ2n) is 5.79. The number of nitrogens with one attached hydrogen (secondary N) is 1. The van der Waals surface area contributed by atoms with Crippen LogP contribution in [0.4, 0.5) is 11.4 Å². The first kappa shape index (κ1) is 19.4. The Morgan fingerprint density at radius 1 is 1.22 bits per heavy atom. The Morgan fingerprint density at radius 2 is 1.93 bits per heavy atom. The minimum absolute atomic E-state index is 0.00403. The van der Waals surface area contributed by atoms with Crippen LogP contribution in [-0.4, -0.2) is 38.3 Å². The Bertz CT molecular complexity index is 875. The number of carbonyl (C=O) groups is 2. The zero-order chi connectivity index (χ0) is 19.4. The normalized spacial score (nSPS) is 13.1. The quantitative estimate of drug-likeness (QED) is 0.789. The monoisotopic (exact) mass is 406 g/mol. The van der Waals surface area contributed by atoms with Crippen molar-refractivity contribution in [2.24, 2.45) is 0 Å². The summed E-state index contributed by atoms with van der Waals surface area (Å²) in [7, 11) is 3.02. The zero-order valence-electron chi connectivity index (χ0n) is 15.0. The highest BCUT2D eigenvalue weighted by atomic mass is 35.5. The molecule has 1 heterocycles. The fourth-order valence-electron chi connectivity index (χ4n) is 2.78. The molecule has 0 atom stereocenters. The highest BCUT2D eigenvalue weighted by Gasteiger charge is 2.24. The Kier molecular flexibility index (Phi) is 6.13. The summed E-state index contributed by atoms with van der Waals surface area (Å²) in [6.07, 6.45) is 0.148. The molecule has 142 valence electrons. The molecule has 8 heteroatoms. The number of thioether (sulfide) groups is 1. The third kappa shape index (κ3) is 4.31. The molecule has 3 rings (SSSR count). The number of hydrogen-bond donors (Lipinski definition) is 1. The van der Waals surface area contributed by atoms with E-state index in [-0.39, 0.29) is 18.2 Å². The Labute approximate surface area is 166 Å². The van der Waals surface area contributed by atoms with Gasteiger partial charge >= 0.3 is 0 Å². The van der Waals surface area contributed by atoms with Gasteiger partial charge in [-0.2, -0.15) is 0 Å². The first-order chi connectivity index (χ1) is 13.0. The number of nitrogens with zero attached hydrogens (tertiary/aromatic N) is 1. The van der Waals surface area contributed by atoms with E-state index in [1.54, 1.807) is 17.0 Å². The van der Waals surface area contributed by atoms with E-state index < -0.39 is 0 Å². The molecule has 0 aliphatic carbocycles. The Hall–Kier alpha value is -2.38. The van der Waals surface area contributed by atoms with Crippen LogP contribution in [0.25, 0.3) is 0 Å². The fourth-order valence-corrected chi connectivity index (χ4v) is 3.91. The molecule has 0 saturated carbocycles. The molecule has 27 heavy (non-hydrogen) atoms. The van der Waals surface area contributed by atoms with E-state index in [1.165, 1.54) is 26.0 Å². The van der Waals surface area contributed by atoms with Crippen LogP contribution in [-0.2, 0) is 9.59 Å². The number of halogens is 1. The van der Waals surface area contributed by atoms with Gasteiger partial charge in [-0.15, -0.1) is 11.8 Å². The van der Waals surface area contributed by atoms with Crippen molar-refractivity contribution in [1.29, 1.82) is 0 Å². The molecule has 2 aromatic carbocycles. The summed E-state index contributed by atoms with van der Waals surface area (Å²) in [6.45, 7) is 0.299. The van der Waals surface area contributed by atoms with Gasteiger partial charge in [0.15, 0.2) is 11.5 Å². The molecule has 0 aromatic heterocycles. The fraction of sp³-hybridized carbons (Fsp3) is 0.263. The summed E-state index contributed by atoms with van der Waals surface area (Å²) < 4.78 is 10.4. The van der Waals surface area contributed by atoms with Crippen LogP contribution in [0.2, 0.25) is 5.02 Å². The lowest BCUT2D eigenvalue weighted by Crippen LogP contribution is -2.37. The van der Waals surface area contributed by atoms with Crippen LogP contribution >= 0.6 is 23.4 Å². The van der Waals surface area contributed by atoms with E-state index in [1.807, 2.05) is 24.3 Å². The lowest BCUT2D eigenvalue weighted by Gasteiger charge is -2.28. The van der Waals surface area contributed by atoms with Crippen molar-refractivity contribution in [2.75, 3.05) is 36.7 Å². The molecule has 0 spiro atoms. The number of benzene rings is 2. The molecule has 2 amide bonds. The van der Waals surface area contributed by atoms with Gasteiger partial charge in [0, 0.05) is 30.0 Å². The van der Waals surface area contributed by atoms with Gasteiger partial charge in [-0.25, -0.2) is 0 Å². The summed E-state index contributed by atoms with van der Waals surface area (Å²) in [5, 5.41) is 3.11. The average molecular weight is 407 g/mol. The van der Waals surface area contributed by atoms with Crippen molar-refractivity contribution in [3.05, 3.63) is 41.4 Å². The van der Waals surface area contributed by atoms with Gasteiger partial charge in [0.2, 0.25) is 11.8 Å². The molecule has 0 radical (unpaired) electrons. The number of anilines is 2. The minimum atomic E-state index is -0.243. The van der Waals surface area contributed by atoms with Crippen LogP contribution in [0.15, 0.2) is 41.3 Å². The SMILES string of the molecule is COc1cc(Cl)c(NC(=O)CCN2C(=O)CSc3ccccc32)cc1OC. The molecule has 1 aliphatic rings. The minimum Gasteiger partial charge on any atom is -0.493 e. The Balaban J connectivity index is 1.68.